The van der Waals surface area contributed by atoms with Crippen molar-refractivity contribution in [2.45, 2.75) is 29.4 Å². The smallest absolute Gasteiger partial charge is 0.217 e. The molecule has 0 aliphatic heterocycles. The molecule has 0 saturated heterocycles. The third-order valence-electron chi connectivity index (χ3n) is 2.20. The van der Waals surface area contributed by atoms with Gasteiger partial charge in [-0.1, -0.05) is 18.2 Å². The number of hydrogen-bond donors (Lipinski definition) is 0. The first-order valence-electron chi connectivity index (χ1n) is 4.96. The molecule has 0 heterocycles. The van der Waals surface area contributed by atoms with Crippen LogP contribution < -0.4 is 0 Å². The molecule has 92 valence electrons. The lowest BCUT2D eigenvalue weighted by molar-refractivity contribution is 0.0801. The Hall–Kier alpha value is -1.48. The molecule has 0 spiro atoms. The van der Waals surface area contributed by atoms with Crippen LogP contribution in [-0.2, 0) is 9.84 Å². The molecule has 0 aromatic heterocycles. The van der Waals surface area contributed by atoms with Gasteiger partial charge in [-0.2, -0.15) is 14.0 Å². The molecule has 0 N–H and O–H groups in total. The molecule has 3 nitrogen and oxygen atoms in total. The fourth-order valence-electron chi connectivity index (χ4n) is 1.28. The summed E-state index contributed by atoms with van der Waals surface area (Å²) in [5, 5.41) is 4.41. The van der Waals surface area contributed by atoms with Gasteiger partial charge in [0.25, 0.3) is 0 Å². The van der Waals surface area contributed by atoms with Gasteiger partial charge in [0.05, 0.1) is 11.0 Å². The van der Waals surface area contributed by atoms with Crippen LogP contribution in [0.1, 0.15) is 19.3 Å². The Balaban J connectivity index is 2.94. The molecule has 0 aliphatic carbocycles. The summed E-state index contributed by atoms with van der Waals surface area (Å²) >= 11 is 0. The van der Waals surface area contributed by atoms with Crippen LogP contribution in [-0.4, -0.2) is 13.7 Å². The maximum absolute atomic E-state index is 13.5. The van der Waals surface area contributed by atoms with E-state index >= 15 is 0 Å². The topological polar surface area (TPSA) is 57.9 Å². The van der Waals surface area contributed by atoms with Crippen molar-refractivity contribution < 1.29 is 17.2 Å². The number of unbranched alkanes of at least 4 members (excludes halogenated alkanes) is 1. The number of nitriles is 1. The average Bonchev–Trinajstić information content (AvgIpc) is 2.30. The van der Waals surface area contributed by atoms with Crippen LogP contribution in [0, 0.1) is 11.3 Å². The highest BCUT2D eigenvalue weighted by Crippen LogP contribution is 2.33. The van der Waals surface area contributed by atoms with Gasteiger partial charge in [-0.05, 0) is 18.6 Å². The SMILES string of the molecule is N#CCCCC(F)(F)S(=O)(=O)c1ccccc1. The van der Waals surface area contributed by atoms with Crippen LogP contribution in [0.2, 0.25) is 0 Å². The Bertz CT molecular complexity index is 506. The lowest BCUT2D eigenvalue weighted by Crippen LogP contribution is -2.28. The third kappa shape index (κ3) is 3.01. The fourth-order valence-corrected chi connectivity index (χ4v) is 2.55. The van der Waals surface area contributed by atoms with Crippen molar-refractivity contribution in [1.29, 1.82) is 5.26 Å². The molecule has 0 saturated carbocycles. The molecule has 0 unspecified atom stereocenters. The van der Waals surface area contributed by atoms with E-state index in [0.717, 1.165) is 12.1 Å². The molecule has 0 aliphatic rings. The summed E-state index contributed by atoms with van der Waals surface area (Å²) < 4.78 is 50.3. The number of rotatable bonds is 5. The summed E-state index contributed by atoms with van der Waals surface area (Å²) in [5.41, 5.74) is 0. The highest BCUT2D eigenvalue weighted by molar-refractivity contribution is 7.92. The number of benzene rings is 1. The van der Waals surface area contributed by atoms with Gasteiger partial charge in [0, 0.05) is 12.8 Å². The van der Waals surface area contributed by atoms with Gasteiger partial charge >= 0.3 is 5.25 Å². The first-order chi connectivity index (χ1) is 7.92. The minimum Gasteiger partial charge on any atom is -0.217 e. The standard InChI is InChI=1S/C11H11F2NO2S/c12-11(13,8-4-5-9-14)17(15,16)10-6-2-1-3-7-10/h1-3,6-7H,4-5,8H2. The Kier molecular flexibility index (Phi) is 4.18. The van der Waals surface area contributed by atoms with Gasteiger partial charge in [0.2, 0.25) is 9.84 Å². The molecular weight excluding hydrogens is 248 g/mol. The quantitative estimate of drug-likeness (QED) is 0.764. The fraction of sp³-hybridized carbons (Fsp3) is 0.364. The van der Waals surface area contributed by atoms with Gasteiger partial charge < -0.3 is 0 Å². The van der Waals surface area contributed by atoms with Crippen LogP contribution in [0.3, 0.4) is 0 Å². The molecule has 0 radical (unpaired) electrons. The van der Waals surface area contributed by atoms with E-state index < -0.39 is 26.4 Å². The van der Waals surface area contributed by atoms with Gasteiger partial charge in [-0.25, -0.2) is 8.42 Å². The van der Waals surface area contributed by atoms with Gasteiger partial charge in [0.15, 0.2) is 0 Å². The molecule has 1 aromatic rings. The summed E-state index contributed by atoms with van der Waals surface area (Å²) in [6.07, 6.45) is -1.06. The zero-order valence-corrected chi connectivity index (χ0v) is 9.75. The predicted molar refractivity (Wildman–Crippen MR) is 58.0 cm³/mol. The van der Waals surface area contributed by atoms with E-state index in [9.17, 15) is 17.2 Å². The molecule has 6 heteroatoms. The molecule has 0 fully saturated rings. The Morgan fingerprint density at radius 3 is 2.35 bits per heavy atom. The van der Waals surface area contributed by atoms with Crippen LogP contribution >= 0.6 is 0 Å². The normalized spacial score (nSPS) is 12.1. The molecule has 0 atom stereocenters. The van der Waals surface area contributed by atoms with Crippen molar-refractivity contribution in [1.82, 2.24) is 0 Å². The van der Waals surface area contributed by atoms with E-state index in [1.54, 1.807) is 12.1 Å². The van der Waals surface area contributed by atoms with E-state index in [-0.39, 0.29) is 12.8 Å². The molecule has 0 amide bonds. The summed E-state index contributed by atoms with van der Waals surface area (Å²) in [6.45, 7) is 0. The number of halogens is 2. The average molecular weight is 259 g/mol. The largest absolute Gasteiger partial charge is 0.350 e. The molecule has 0 bridgehead atoms. The molecule has 1 rings (SSSR count). The minimum atomic E-state index is -4.66. The number of alkyl halides is 2. The van der Waals surface area contributed by atoms with Crippen molar-refractivity contribution in [3.05, 3.63) is 30.3 Å². The number of nitrogens with zero attached hydrogens (tertiary/aromatic N) is 1. The van der Waals surface area contributed by atoms with Crippen molar-refractivity contribution in [3.63, 3.8) is 0 Å². The first kappa shape index (κ1) is 13.6. The maximum atomic E-state index is 13.5. The van der Waals surface area contributed by atoms with Crippen LogP contribution in [0.25, 0.3) is 0 Å². The second kappa shape index (κ2) is 5.23. The van der Waals surface area contributed by atoms with Gasteiger partial charge in [0.1, 0.15) is 0 Å². The second-order valence-corrected chi connectivity index (χ2v) is 5.54. The van der Waals surface area contributed by atoms with Crippen molar-refractivity contribution >= 4 is 9.84 Å². The number of sulfone groups is 1. The van der Waals surface area contributed by atoms with E-state index in [2.05, 4.69) is 0 Å². The Labute approximate surface area is 98.6 Å². The maximum Gasteiger partial charge on any atom is 0.350 e. The van der Waals surface area contributed by atoms with E-state index in [1.165, 1.54) is 12.1 Å². The van der Waals surface area contributed by atoms with Gasteiger partial charge in [-0.3, -0.25) is 0 Å². The lowest BCUT2D eigenvalue weighted by Gasteiger charge is -2.16. The van der Waals surface area contributed by atoms with E-state index in [1.807, 2.05) is 0 Å². The van der Waals surface area contributed by atoms with E-state index in [4.69, 9.17) is 5.26 Å². The third-order valence-corrected chi connectivity index (χ3v) is 4.09. The highest BCUT2D eigenvalue weighted by atomic mass is 32.2. The zero-order chi connectivity index (χ0) is 12.9. The molecule has 17 heavy (non-hydrogen) atoms. The second-order valence-electron chi connectivity index (χ2n) is 3.47. The minimum absolute atomic E-state index is 0.0834. The van der Waals surface area contributed by atoms with Crippen molar-refractivity contribution in [2.75, 3.05) is 0 Å². The Morgan fingerprint density at radius 1 is 1.24 bits per heavy atom. The molecular formula is C11H11F2NO2S. The van der Waals surface area contributed by atoms with E-state index in [0.29, 0.717) is 0 Å². The molecule has 1 aromatic carbocycles. The lowest BCUT2D eigenvalue weighted by atomic mass is 10.2. The van der Waals surface area contributed by atoms with Crippen molar-refractivity contribution in [3.8, 4) is 6.07 Å². The monoisotopic (exact) mass is 259 g/mol. The highest BCUT2D eigenvalue weighted by Gasteiger charge is 2.45. The van der Waals surface area contributed by atoms with Crippen LogP contribution in [0.15, 0.2) is 35.2 Å². The Morgan fingerprint density at radius 2 is 1.82 bits per heavy atom. The van der Waals surface area contributed by atoms with Crippen LogP contribution in [0.4, 0.5) is 8.78 Å². The van der Waals surface area contributed by atoms with Gasteiger partial charge in [-0.15, -0.1) is 0 Å². The zero-order valence-electron chi connectivity index (χ0n) is 8.94. The number of hydrogen-bond acceptors (Lipinski definition) is 3. The summed E-state index contributed by atoms with van der Waals surface area (Å²) in [5.74, 6) is 0. The summed E-state index contributed by atoms with van der Waals surface area (Å²) in [4.78, 5) is -0.401. The van der Waals surface area contributed by atoms with Crippen molar-refractivity contribution in [2.24, 2.45) is 0 Å². The summed E-state index contributed by atoms with van der Waals surface area (Å²) in [6, 6.07) is 8.29. The van der Waals surface area contributed by atoms with Crippen LogP contribution in [0.5, 0.6) is 0 Å². The first-order valence-corrected chi connectivity index (χ1v) is 6.44. The predicted octanol–water partition coefficient (Wildman–Crippen LogP) is 2.75. The summed E-state index contributed by atoms with van der Waals surface area (Å²) in [7, 11) is -4.66.